The molecule has 3 heterocycles. The predicted molar refractivity (Wildman–Crippen MR) is 185 cm³/mol. The largest absolute Gasteiger partial charge is 0.306 e. The Hall–Kier alpha value is -5.94. The molecule has 5 nitrogen and oxygen atoms in total. The first-order chi connectivity index (χ1) is 22.5. The van der Waals surface area contributed by atoms with Crippen LogP contribution in [0.1, 0.15) is 25.0 Å². The summed E-state index contributed by atoms with van der Waals surface area (Å²) in [4.78, 5) is 20.0. The third-order valence-electron chi connectivity index (χ3n) is 9.29. The first-order valence-corrected chi connectivity index (χ1v) is 15.6. The third kappa shape index (κ3) is 4.16. The highest BCUT2D eigenvalue weighted by atomic mass is 15.0. The lowest BCUT2D eigenvalue weighted by Crippen LogP contribution is -2.15. The fraction of sp³-hybridized carbons (Fsp3) is 0.0732. The van der Waals surface area contributed by atoms with Crippen molar-refractivity contribution < 1.29 is 0 Å². The van der Waals surface area contributed by atoms with E-state index in [1.807, 2.05) is 42.6 Å². The van der Waals surface area contributed by atoms with E-state index in [9.17, 15) is 0 Å². The van der Waals surface area contributed by atoms with Crippen LogP contribution in [0.3, 0.4) is 0 Å². The maximum absolute atomic E-state index is 5.11. The summed E-state index contributed by atoms with van der Waals surface area (Å²) in [5.74, 6) is 1.99. The summed E-state index contributed by atoms with van der Waals surface area (Å²) in [5.41, 5.74) is 10.8. The highest BCUT2D eigenvalue weighted by molar-refractivity contribution is 5.95. The molecule has 0 amide bonds. The molecular formula is C41H29N5. The number of hydrogen-bond donors (Lipinski definition) is 0. The Bertz CT molecular complexity index is 2420. The number of benzene rings is 5. The SMILES string of the molecule is CC1(C)c2cc(-c3cn4ccccc4n3)ccc2-c2ccc(-c3nc(-c4ccccc4)nc(-c4cccc5ccccc45)n3)cc21. The summed E-state index contributed by atoms with van der Waals surface area (Å²) in [7, 11) is 0. The van der Waals surface area contributed by atoms with E-state index in [4.69, 9.17) is 19.9 Å². The highest BCUT2D eigenvalue weighted by Gasteiger charge is 2.36. The molecule has 0 aliphatic heterocycles. The summed E-state index contributed by atoms with van der Waals surface area (Å²) >= 11 is 0. The molecule has 9 rings (SSSR count). The molecule has 0 radical (unpaired) electrons. The normalized spacial score (nSPS) is 13.2. The minimum atomic E-state index is -0.219. The minimum absolute atomic E-state index is 0.219. The zero-order valence-corrected chi connectivity index (χ0v) is 25.5. The van der Waals surface area contributed by atoms with Crippen molar-refractivity contribution >= 4 is 16.4 Å². The fourth-order valence-corrected chi connectivity index (χ4v) is 6.87. The van der Waals surface area contributed by atoms with E-state index >= 15 is 0 Å². The number of pyridine rings is 1. The minimum Gasteiger partial charge on any atom is -0.306 e. The Labute approximate surface area is 266 Å². The summed E-state index contributed by atoms with van der Waals surface area (Å²) in [5, 5.41) is 2.27. The average molecular weight is 592 g/mol. The topological polar surface area (TPSA) is 56.0 Å². The summed E-state index contributed by atoms with van der Waals surface area (Å²) < 4.78 is 2.07. The van der Waals surface area contributed by atoms with Crippen molar-refractivity contribution in [1.29, 1.82) is 0 Å². The number of fused-ring (bicyclic) bond motifs is 5. The molecule has 0 N–H and O–H groups in total. The van der Waals surface area contributed by atoms with Gasteiger partial charge in [0.25, 0.3) is 0 Å². The van der Waals surface area contributed by atoms with E-state index in [0.717, 1.165) is 44.4 Å². The number of aromatic nitrogens is 5. The van der Waals surface area contributed by atoms with E-state index in [0.29, 0.717) is 17.5 Å². The van der Waals surface area contributed by atoms with Gasteiger partial charge in [-0.25, -0.2) is 19.9 Å². The van der Waals surface area contributed by atoms with Crippen molar-refractivity contribution in [3.05, 3.63) is 151 Å². The van der Waals surface area contributed by atoms with Gasteiger partial charge in [0.15, 0.2) is 17.5 Å². The lowest BCUT2D eigenvalue weighted by molar-refractivity contribution is 0.660. The van der Waals surface area contributed by atoms with Gasteiger partial charge in [-0.05, 0) is 57.3 Å². The van der Waals surface area contributed by atoms with Gasteiger partial charge in [0.05, 0.1) is 5.69 Å². The van der Waals surface area contributed by atoms with E-state index in [-0.39, 0.29) is 5.41 Å². The molecule has 46 heavy (non-hydrogen) atoms. The van der Waals surface area contributed by atoms with Gasteiger partial charge in [-0.15, -0.1) is 0 Å². The summed E-state index contributed by atoms with van der Waals surface area (Å²) in [6.45, 7) is 4.61. The van der Waals surface area contributed by atoms with Gasteiger partial charge in [0.1, 0.15) is 5.65 Å². The Morgan fingerprint density at radius 1 is 0.500 bits per heavy atom. The van der Waals surface area contributed by atoms with Crippen LogP contribution in [0.5, 0.6) is 0 Å². The number of imidazole rings is 1. The van der Waals surface area contributed by atoms with Gasteiger partial charge in [-0.2, -0.15) is 0 Å². The van der Waals surface area contributed by atoms with Gasteiger partial charge >= 0.3 is 0 Å². The van der Waals surface area contributed by atoms with E-state index in [1.54, 1.807) is 0 Å². The molecule has 1 aliphatic carbocycles. The molecule has 5 heteroatoms. The monoisotopic (exact) mass is 591 g/mol. The Morgan fingerprint density at radius 2 is 1.15 bits per heavy atom. The number of rotatable bonds is 4. The molecule has 3 aromatic heterocycles. The quantitative estimate of drug-likeness (QED) is 0.204. The second kappa shape index (κ2) is 10.0. The third-order valence-corrected chi connectivity index (χ3v) is 9.29. The molecule has 8 aromatic rings. The summed E-state index contributed by atoms with van der Waals surface area (Å²) in [6, 6.07) is 44.3. The van der Waals surface area contributed by atoms with Crippen molar-refractivity contribution in [2.75, 3.05) is 0 Å². The highest BCUT2D eigenvalue weighted by Crippen LogP contribution is 2.50. The lowest BCUT2D eigenvalue weighted by Gasteiger charge is -2.22. The van der Waals surface area contributed by atoms with Gasteiger partial charge in [-0.3, -0.25) is 0 Å². The zero-order chi connectivity index (χ0) is 30.8. The average Bonchev–Trinajstić information content (AvgIpc) is 3.64. The predicted octanol–water partition coefficient (Wildman–Crippen LogP) is 9.65. The molecule has 0 bridgehead atoms. The number of nitrogens with zero attached hydrogens (tertiary/aromatic N) is 5. The van der Waals surface area contributed by atoms with Crippen LogP contribution in [0.15, 0.2) is 140 Å². The van der Waals surface area contributed by atoms with Crippen molar-refractivity contribution in [3.63, 3.8) is 0 Å². The molecule has 1 aliphatic rings. The molecule has 0 spiro atoms. The van der Waals surface area contributed by atoms with Crippen LogP contribution in [0.2, 0.25) is 0 Å². The molecule has 0 fully saturated rings. The maximum Gasteiger partial charge on any atom is 0.164 e. The van der Waals surface area contributed by atoms with Crippen molar-refractivity contribution in [1.82, 2.24) is 24.3 Å². The molecule has 0 saturated heterocycles. The molecule has 0 unspecified atom stereocenters. The van der Waals surface area contributed by atoms with Crippen LogP contribution in [0.4, 0.5) is 0 Å². The van der Waals surface area contributed by atoms with E-state index in [2.05, 4.69) is 115 Å². The Balaban J connectivity index is 1.17. The summed E-state index contributed by atoms with van der Waals surface area (Å²) in [6.07, 6.45) is 4.14. The van der Waals surface area contributed by atoms with Crippen molar-refractivity contribution in [3.8, 4) is 56.5 Å². The Morgan fingerprint density at radius 3 is 1.96 bits per heavy atom. The second-order valence-electron chi connectivity index (χ2n) is 12.4. The van der Waals surface area contributed by atoms with E-state index < -0.39 is 0 Å². The van der Waals surface area contributed by atoms with Crippen LogP contribution in [-0.2, 0) is 5.41 Å². The van der Waals surface area contributed by atoms with Gasteiger partial charge < -0.3 is 4.40 Å². The Kier molecular flexibility index (Phi) is 5.78. The van der Waals surface area contributed by atoms with Crippen molar-refractivity contribution in [2.24, 2.45) is 0 Å². The molecule has 5 aromatic carbocycles. The van der Waals surface area contributed by atoms with Gasteiger partial charge in [-0.1, -0.05) is 117 Å². The smallest absolute Gasteiger partial charge is 0.164 e. The van der Waals surface area contributed by atoms with Gasteiger partial charge in [0, 0.05) is 40.1 Å². The second-order valence-corrected chi connectivity index (χ2v) is 12.4. The van der Waals surface area contributed by atoms with Gasteiger partial charge in [0.2, 0.25) is 0 Å². The van der Waals surface area contributed by atoms with Crippen LogP contribution < -0.4 is 0 Å². The molecule has 218 valence electrons. The van der Waals surface area contributed by atoms with Crippen LogP contribution in [0, 0.1) is 0 Å². The molecule has 0 atom stereocenters. The number of hydrogen-bond acceptors (Lipinski definition) is 4. The van der Waals surface area contributed by atoms with E-state index in [1.165, 1.54) is 22.3 Å². The molecular weight excluding hydrogens is 562 g/mol. The van der Waals surface area contributed by atoms with Crippen LogP contribution in [-0.4, -0.2) is 24.3 Å². The molecule has 0 saturated carbocycles. The zero-order valence-electron chi connectivity index (χ0n) is 25.5. The first kappa shape index (κ1) is 26.5. The van der Waals surface area contributed by atoms with Crippen LogP contribution in [0.25, 0.3) is 73.0 Å². The lowest BCUT2D eigenvalue weighted by atomic mass is 9.81. The standard InChI is InChI=1S/C41H29N5/c1-41(2)34-23-28(36-25-46-22-9-8-17-37(46)42-36)18-20-31(34)32-21-19-29(24-35(32)41)39-43-38(27-12-4-3-5-13-27)44-40(45-39)33-16-10-14-26-11-6-7-15-30(26)33/h3-25H,1-2H3. The maximum atomic E-state index is 5.11. The first-order valence-electron chi connectivity index (χ1n) is 15.6. The fourth-order valence-electron chi connectivity index (χ4n) is 6.87. The van der Waals surface area contributed by atoms with Crippen molar-refractivity contribution in [2.45, 2.75) is 19.3 Å². The van der Waals surface area contributed by atoms with Crippen LogP contribution >= 0.6 is 0 Å².